The lowest BCUT2D eigenvalue weighted by molar-refractivity contribution is 0.701. The molecule has 7 heteroatoms. The highest BCUT2D eigenvalue weighted by molar-refractivity contribution is 7.18. The predicted octanol–water partition coefficient (Wildman–Crippen LogP) is 4.19. The maximum absolute atomic E-state index is 6.05. The smallest absolute Gasteiger partial charge is 0.225 e. The summed E-state index contributed by atoms with van der Waals surface area (Å²) >= 11 is 7.71. The van der Waals surface area contributed by atoms with Crippen LogP contribution in [0.4, 0.5) is 5.82 Å². The van der Waals surface area contributed by atoms with Gasteiger partial charge in [-0.2, -0.15) is 0 Å². The summed E-state index contributed by atoms with van der Waals surface area (Å²) in [5, 5.41) is 4.72. The van der Waals surface area contributed by atoms with Crippen molar-refractivity contribution in [1.82, 2.24) is 19.9 Å². The number of thiophene rings is 1. The van der Waals surface area contributed by atoms with E-state index in [2.05, 4.69) is 45.2 Å². The molecule has 0 aliphatic heterocycles. The van der Waals surface area contributed by atoms with Gasteiger partial charge in [0.05, 0.1) is 11.4 Å². The summed E-state index contributed by atoms with van der Waals surface area (Å²) in [7, 11) is 0. The van der Waals surface area contributed by atoms with Crippen LogP contribution in [0.5, 0.6) is 0 Å². The Balaban J connectivity index is 2.00. The molecule has 3 aromatic rings. The monoisotopic (exact) mass is 321 g/mol. The molecular formula is C14H16ClN5S. The topological polar surface area (TPSA) is 66.5 Å². The number of anilines is 1. The van der Waals surface area contributed by atoms with E-state index in [1.165, 1.54) is 4.88 Å². The first-order valence-corrected chi connectivity index (χ1v) is 8.12. The number of nitrogens with one attached hydrogen (secondary N) is 2. The summed E-state index contributed by atoms with van der Waals surface area (Å²) in [5.41, 5.74) is 0. The Morgan fingerprint density at radius 1 is 1.38 bits per heavy atom. The molecule has 0 fully saturated rings. The molecule has 0 aliphatic rings. The molecule has 1 unspecified atom stereocenters. The summed E-state index contributed by atoms with van der Waals surface area (Å²) in [4.78, 5) is 18.3. The van der Waals surface area contributed by atoms with Gasteiger partial charge >= 0.3 is 0 Å². The number of halogens is 1. The van der Waals surface area contributed by atoms with E-state index in [1.54, 1.807) is 17.5 Å². The first kappa shape index (κ1) is 14.3. The Hall–Kier alpha value is -1.66. The van der Waals surface area contributed by atoms with E-state index in [0.717, 1.165) is 34.7 Å². The van der Waals surface area contributed by atoms with Crippen LogP contribution in [0.1, 0.15) is 37.0 Å². The average Bonchev–Trinajstić information content (AvgIpc) is 3.13. The van der Waals surface area contributed by atoms with E-state index < -0.39 is 0 Å². The van der Waals surface area contributed by atoms with Crippen LogP contribution in [0.25, 0.3) is 10.2 Å². The van der Waals surface area contributed by atoms with Crippen LogP contribution in [0.2, 0.25) is 5.28 Å². The Labute approximate surface area is 131 Å². The fraction of sp³-hybridized carbons (Fsp3) is 0.357. The zero-order valence-corrected chi connectivity index (χ0v) is 13.4. The summed E-state index contributed by atoms with van der Waals surface area (Å²) in [6.45, 7) is 4.23. The summed E-state index contributed by atoms with van der Waals surface area (Å²) < 4.78 is 0. The number of aryl methyl sites for hydroxylation is 1. The van der Waals surface area contributed by atoms with E-state index >= 15 is 0 Å². The van der Waals surface area contributed by atoms with Gasteiger partial charge in [-0.25, -0.2) is 15.0 Å². The normalized spacial score (nSPS) is 12.7. The Morgan fingerprint density at radius 3 is 2.90 bits per heavy atom. The molecule has 0 saturated carbocycles. The van der Waals surface area contributed by atoms with E-state index in [-0.39, 0.29) is 11.3 Å². The van der Waals surface area contributed by atoms with Crippen molar-refractivity contribution in [3.63, 3.8) is 0 Å². The number of fused-ring (bicyclic) bond motifs is 1. The second-order valence-electron chi connectivity index (χ2n) is 4.71. The fourth-order valence-electron chi connectivity index (χ4n) is 2.23. The minimum absolute atomic E-state index is 0.0687. The quantitative estimate of drug-likeness (QED) is 0.691. The first-order chi connectivity index (χ1) is 10.2. The van der Waals surface area contributed by atoms with Crippen molar-refractivity contribution in [3.05, 3.63) is 34.4 Å². The van der Waals surface area contributed by atoms with Gasteiger partial charge in [0.2, 0.25) is 5.28 Å². The molecule has 21 heavy (non-hydrogen) atoms. The van der Waals surface area contributed by atoms with Crippen LogP contribution in [0, 0.1) is 0 Å². The van der Waals surface area contributed by atoms with Crippen molar-refractivity contribution in [3.8, 4) is 0 Å². The third-order valence-electron chi connectivity index (χ3n) is 3.33. The highest BCUT2D eigenvalue weighted by Gasteiger charge is 2.16. The second-order valence-corrected chi connectivity index (χ2v) is 6.16. The molecule has 3 heterocycles. The van der Waals surface area contributed by atoms with Crippen molar-refractivity contribution >= 4 is 39.0 Å². The van der Waals surface area contributed by atoms with Crippen molar-refractivity contribution in [2.24, 2.45) is 0 Å². The molecule has 110 valence electrons. The standard InChI is InChI=1S/C14H16ClN5S/c1-3-8-7-9-11(19-14(15)20-13(9)21-8)18-10(4-2)12-16-5-6-17-12/h5-7,10H,3-4H2,1-2H3,(H,16,17)(H,18,19,20). The van der Waals surface area contributed by atoms with Crippen molar-refractivity contribution in [2.45, 2.75) is 32.7 Å². The van der Waals surface area contributed by atoms with Crippen LogP contribution in [0.15, 0.2) is 18.5 Å². The van der Waals surface area contributed by atoms with Gasteiger partial charge in [0.1, 0.15) is 16.5 Å². The Morgan fingerprint density at radius 2 is 2.24 bits per heavy atom. The van der Waals surface area contributed by atoms with E-state index in [9.17, 15) is 0 Å². The second kappa shape index (κ2) is 5.99. The van der Waals surface area contributed by atoms with Crippen molar-refractivity contribution in [1.29, 1.82) is 0 Å². The number of rotatable bonds is 5. The molecule has 1 atom stereocenters. The lowest BCUT2D eigenvalue weighted by atomic mass is 10.2. The van der Waals surface area contributed by atoms with Gasteiger partial charge < -0.3 is 10.3 Å². The highest BCUT2D eigenvalue weighted by atomic mass is 35.5. The molecule has 0 saturated heterocycles. The van der Waals surface area contributed by atoms with Crippen LogP contribution < -0.4 is 5.32 Å². The zero-order chi connectivity index (χ0) is 14.8. The Bertz CT molecular complexity index is 737. The van der Waals surface area contributed by atoms with Gasteiger partial charge in [0.25, 0.3) is 0 Å². The van der Waals surface area contributed by atoms with E-state index in [4.69, 9.17) is 11.6 Å². The van der Waals surface area contributed by atoms with Gasteiger partial charge in [-0.1, -0.05) is 13.8 Å². The third-order valence-corrected chi connectivity index (χ3v) is 4.68. The predicted molar refractivity (Wildman–Crippen MR) is 87.0 cm³/mol. The van der Waals surface area contributed by atoms with E-state index in [1.807, 2.05) is 6.20 Å². The summed E-state index contributed by atoms with van der Waals surface area (Å²) in [6, 6.07) is 2.20. The molecule has 0 amide bonds. The number of imidazole rings is 1. The SMILES string of the molecule is CCc1cc2c(NC(CC)c3ncc[nH]3)nc(Cl)nc2s1. The maximum Gasteiger partial charge on any atom is 0.225 e. The number of hydrogen-bond acceptors (Lipinski definition) is 5. The van der Waals surface area contributed by atoms with Gasteiger partial charge in [-0.15, -0.1) is 11.3 Å². The largest absolute Gasteiger partial charge is 0.359 e. The van der Waals surface area contributed by atoms with Crippen molar-refractivity contribution in [2.75, 3.05) is 5.32 Å². The number of aromatic nitrogens is 4. The summed E-state index contributed by atoms with van der Waals surface area (Å²) in [6.07, 6.45) is 5.44. The molecule has 0 aliphatic carbocycles. The lowest BCUT2D eigenvalue weighted by Gasteiger charge is -2.15. The van der Waals surface area contributed by atoms with Crippen molar-refractivity contribution < 1.29 is 0 Å². The van der Waals surface area contributed by atoms with Gasteiger partial charge in [0, 0.05) is 17.3 Å². The van der Waals surface area contributed by atoms with Gasteiger partial charge in [-0.05, 0) is 30.5 Å². The number of H-pyrrole nitrogens is 1. The van der Waals surface area contributed by atoms with Crippen LogP contribution in [0.3, 0.4) is 0 Å². The zero-order valence-electron chi connectivity index (χ0n) is 11.9. The molecule has 3 rings (SSSR count). The molecule has 0 spiro atoms. The van der Waals surface area contributed by atoms with Gasteiger partial charge in [-0.3, -0.25) is 0 Å². The molecule has 2 N–H and O–H groups in total. The van der Waals surface area contributed by atoms with Crippen LogP contribution in [-0.4, -0.2) is 19.9 Å². The molecule has 0 aromatic carbocycles. The molecule has 0 radical (unpaired) electrons. The lowest BCUT2D eigenvalue weighted by Crippen LogP contribution is -2.12. The van der Waals surface area contributed by atoms with E-state index in [0.29, 0.717) is 0 Å². The minimum atomic E-state index is 0.0687. The van der Waals surface area contributed by atoms with Crippen LogP contribution in [-0.2, 0) is 6.42 Å². The maximum atomic E-state index is 6.05. The fourth-order valence-corrected chi connectivity index (χ4v) is 3.41. The van der Waals surface area contributed by atoms with Crippen LogP contribution >= 0.6 is 22.9 Å². The summed E-state index contributed by atoms with van der Waals surface area (Å²) in [5.74, 6) is 1.66. The molecular weight excluding hydrogens is 306 g/mol. The molecule has 5 nitrogen and oxygen atoms in total. The minimum Gasteiger partial charge on any atom is -0.359 e. The highest BCUT2D eigenvalue weighted by Crippen LogP contribution is 2.32. The molecule has 3 aromatic heterocycles. The average molecular weight is 322 g/mol. The van der Waals surface area contributed by atoms with Gasteiger partial charge in [0.15, 0.2) is 0 Å². The number of nitrogens with zero attached hydrogens (tertiary/aromatic N) is 3. The number of aromatic amines is 1. The third kappa shape index (κ3) is 2.87. The Kier molecular flexibility index (Phi) is 4.07. The molecule has 0 bridgehead atoms. The number of hydrogen-bond donors (Lipinski definition) is 2. The first-order valence-electron chi connectivity index (χ1n) is 6.93.